The number of thioether (sulfide) groups is 1. The zero-order chi connectivity index (χ0) is 24.2. The lowest BCUT2D eigenvalue weighted by Gasteiger charge is -2.06. The number of nitrogens with two attached hydrogens (primary N) is 1. The van der Waals surface area contributed by atoms with Crippen LogP contribution >= 0.6 is 34.4 Å². The zero-order valence-corrected chi connectivity index (χ0v) is 21.1. The van der Waals surface area contributed by atoms with E-state index in [-0.39, 0.29) is 5.91 Å². The summed E-state index contributed by atoms with van der Waals surface area (Å²) in [4.78, 5) is 23.8. The number of nitrogens with zero attached hydrogens (tertiary/aromatic N) is 2. The van der Waals surface area contributed by atoms with E-state index >= 15 is 0 Å². The van der Waals surface area contributed by atoms with Crippen molar-refractivity contribution < 1.29 is 4.79 Å². The number of rotatable bonds is 7. The summed E-state index contributed by atoms with van der Waals surface area (Å²) in [5.74, 6) is 0.297. The monoisotopic (exact) mass is 515 g/mol. The average Bonchev–Trinajstić information content (AvgIpc) is 3.51. The number of aromatic nitrogens is 2. The van der Waals surface area contributed by atoms with Crippen molar-refractivity contribution in [3.63, 3.8) is 0 Å². The fourth-order valence-electron chi connectivity index (χ4n) is 3.42. The lowest BCUT2D eigenvalue weighted by molar-refractivity contribution is 0.102. The molecular formula is C26H21N5OS3. The number of hydrogen-bond acceptors (Lipinski definition) is 8. The van der Waals surface area contributed by atoms with Crippen molar-refractivity contribution in [1.82, 2.24) is 9.97 Å². The first-order valence-corrected chi connectivity index (χ1v) is 13.6. The molecule has 35 heavy (non-hydrogen) atoms. The topological polar surface area (TPSA) is 92.9 Å². The second-order valence-corrected chi connectivity index (χ2v) is 10.3. The molecule has 0 aliphatic heterocycles. The molecule has 174 valence electrons. The normalized spacial score (nSPS) is 10.8. The summed E-state index contributed by atoms with van der Waals surface area (Å²) in [6, 6.07) is 25.0. The van der Waals surface area contributed by atoms with E-state index in [0.29, 0.717) is 17.1 Å². The first-order chi connectivity index (χ1) is 17.1. The van der Waals surface area contributed by atoms with E-state index in [4.69, 9.17) is 10.7 Å². The summed E-state index contributed by atoms with van der Waals surface area (Å²) < 4.78 is 0. The molecule has 0 atom stereocenters. The Kier molecular flexibility index (Phi) is 6.80. The van der Waals surface area contributed by atoms with Gasteiger partial charge in [0.15, 0.2) is 5.13 Å². The maximum absolute atomic E-state index is 12.5. The van der Waals surface area contributed by atoms with E-state index in [1.54, 1.807) is 23.9 Å². The molecule has 4 N–H and O–H groups in total. The third-order valence-electron chi connectivity index (χ3n) is 5.12. The Labute approximate surface area is 215 Å². The number of carbonyl (C=O) groups is 1. The number of hydrogen-bond donors (Lipinski definition) is 3. The van der Waals surface area contributed by atoms with Gasteiger partial charge in [0, 0.05) is 32.8 Å². The van der Waals surface area contributed by atoms with E-state index in [1.807, 2.05) is 66.2 Å². The number of nitrogen functional groups attached to an aromatic ring is 1. The third-order valence-corrected chi connectivity index (χ3v) is 7.83. The summed E-state index contributed by atoms with van der Waals surface area (Å²) in [6.45, 7) is 0. The van der Waals surface area contributed by atoms with Crippen molar-refractivity contribution >= 4 is 62.7 Å². The van der Waals surface area contributed by atoms with Gasteiger partial charge in [-0.05, 0) is 48.7 Å². The van der Waals surface area contributed by atoms with Crippen LogP contribution in [-0.4, -0.2) is 22.1 Å². The minimum absolute atomic E-state index is 0.151. The van der Waals surface area contributed by atoms with E-state index in [0.717, 1.165) is 32.0 Å². The lowest BCUT2D eigenvalue weighted by Crippen LogP contribution is -2.11. The standard InChI is InChI=1S/C26H21N5OS3/c1-33-20-12-6-11-19(14-20)29-26-31-23(27)22(35-26)25-30-21(15-34-25)17-9-5-10-18(13-17)28-24(32)16-7-3-2-4-8-16/h2-15H,27H2,1H3,(H,28,32)(H,29,31). The Balaban J connectivity index is 1.34. The van der Waals surface area contributed by atoms with Crippen LogP contribution in [0.2, 0.25) is 0 Å². The first-order valence-electron chi connectivity index (χ1n) is 10.7. The van der Waals surface area contributed by atoms with Crippen molar-refractivity contribution in [2.75, 3.05) is 22.6 Å². The van der Waals surface area contributed by atoms with Gasteiger partial charge in [0.2, 0.25) is 0 Å². The van der Waals surface area contributed by atoms with Crippen LogP contribution in [0.1, 0.15) is 10.4 Å². The highest BCUT2D eigenvalue weighted by atomic mass is 32.2. The minimum atomic E-state index is -0.151. The molecule has 0 spiro atoms. The summed E-state index contributed by atoms with van der Waals surface area (Å²) in [5.41, 5.74) is 10.3. The molecule has 0 fully saturated rings. The van der Waals surface area contributed by atoms with Crippen LogP contribution in [0.4, 0.5) is 22.3 Å². The van der Waals surface area contributed by atoms with Crippen LogP contribution in [0.3, 0.4) is 0 Å². The number of amides is 1. The maximum atomic E-state index is 12.5. The first kappa shape index (κ1) is 23.1. The van der Waals surface area contributed by atoms with Crippen molar-refractivity contribution in [3.05, 3.63) is 89.8 Å². The zero-order valence-electron chi connectivity index (χ0n) is 18.7. The van der Waals surface area contributed by atoms with Crippen LogP contribution in [0.15, 0.2) is 89.1 Å². The van der Waals surface area contributed by atoms with Gasteiger partial charge in [-0.3, -0.25) is 4.79 Å². The van der Waals surface area contributed by atoms with E-state index in [1.165, 1.54) is 27.6 Å². The van der Waals surface area contributed by atoms with Crippen LogP contribution in [0.5, 0.6) is 0 Å². The minimum Gasteiger partial charge on any atom is -0.382 e. The van der Waals surface area contributed by atoms with E-state index < -0.39 is 0 Å². The van der Waals surface area contributed by atoms with Gasteiger partial charge in [0.25, 0.3) is 5.91 Å². The summed E-state index contributed by atoms with van der Waals surface area (Å²) in [5, 5.41) is 9.80. The number of benzene rings is 3. The van der Waals surface area contributed by atoms with Gasteiger partial charge in [0.05, 0.1) is 5.69 Å². The molecule has 0 bridgehead atoms. The average molecular weight is 516 g/mol. The molecule has 2 heterocycles. The van der Waals surface area contributed by atoms with Crippen LogP contribution in [-0.2, 0) is 0 Å². The number of anilines is 4. The smallest absolute Gasteiger partial charge is 0.255 e. The van der Waals surface area contributed by atoms with Crippen molar-refractivity contribution in [2.24, 2.45) is 0 Å². The molecule has 2 aromatic heterocycles. The van der Waals surface area contributed by atoms with Crippen LogP contribution in [0, 0.1) is 0 Å². The Bertz CT molecular complexity index is 1480. The molecule has 6 nitrogen and oxygen atoms in total. The fourth-order valence-corrected chi connectivity index (χ4v) is 5.72. The Morgan fingerprint density at radius 2 is 1.74 bits per heavy atom. The summed E-state index contributed by atoms with van der Waals surface area (Å²) in [7, 11) is 0. The van der Waals surface area contributed by atoms with E-state index in [9.17, 15) is 4.79 Å². The molecule has 5 aromatic rings. The molecular weight excluding hydrogens is 495 g/mol. The second-order valence-electron chi connectivity index (χ2n) is 7.53. The highest BCUT2D eigenvalue weighted by molar-refractivity contribution is 7.98. The van der Waals surface area contributed by atoms with Gasteiger partial charge < -0.3 is 16.4 Å². The maximum Gasteiger partial charge on any atom is 0.255 e. The van der Waals surface area contributed by atoms with Crippen molar-refractivity contribution in [2.45, 2.75) is 4.90 Å². The SMILES string of the molecule is CSc1cccc(Nc2nc(N)c(-c3nc(-c4cccc(NC(=O)c5ccccc5)c4)cs3)s2)c1. The number of nitrogens with one attached hydrogen (secondary N) is 2. The van der Waals surface area contributed by atoms with Crippen molar-refractivity contribution in [1.29, 1.82) is 0 Å². The number of carbonyl (C=O) groups excluding carboxylic acids is 1. The Morgan fingerprint density at radius 1 is 0.943 bits per heavy atom. The molecule has 0 radical (unpaired) electrons. The molecule has 9 heteroatoms. The Morgan fingerprint density at radius 3 is 2.57 bits per heavy atom. The quantitative estimate of drug-likeness (QED) is 0.198. The largest absolute Gasteiger partial charge is 0.382 e. The van der Waals surface area contributed by atoms with Gasteiger partial charge in [0.1, 0.15) is 15.7 Å². The summed E-state index contributed by atoms with van der Waals surface area (Å²) in [6.07, 6.45) is 2.05. The molecule has 0 saturated heterocycles. The predicted molar refractivity (Wildman–Crippen MR) is 149 cm³/mol. The Hall–Kier alpha value is -3.66. The van der Waals surface area contributed by atoms with Crippen LogP contribution < -0.4 is 16.4 Å². The highest BCUT2D eigenvalue weighted by Gasteiger charge is 2.16. The van der Waals surface area contributed by atoms with Crippen molar-refractivity contribution in [3.8, 4) is 21.1 Å². The van der Waals surface area contributed by atoms with Gasteiger partial charge in [-0.25, -0.2) is 9.97 Å². The molecule has 0 aliphatic carbocycles. The van der Waals surface area contributed by atoms with Gasteiger partial charge in [-0.15, -0.1) is 23.1 Å². The van der Waals surface area contributed by atoms with Gasteiger partial charge in [-0.1, -0.05) is 47.7 Å². The third kappa shape index (κ3) is 5.37. The fraction of sp³-hybridized carbons (Fsp3) is 0.0385. The number of thiazole rings is 2. The highest BCUT2D eigenvalue weighted by Crippen LogP contribution is 2.39. The van der Waals surface area contributed by atoms with Crippen LogP contribution in [0.25, 0.3) is 21.1 Å². The van der Waals surface area contributed by atoms with Gasteiger partial charge >= 0.3 is 0 Å². The second kappa shape index (κ2) is 10.3. The molecule has 1 amide bonds. The van der Waals surface area contributed by atoms with E-state index in [2.05, 4.69) is 27.8 Å². The predicted octanol–water partition coefficient (Wildman–Crippen LogP) is 7.23. The lowest BCUT2D eigenvalue weighted by atomic mass is 10.1. The molecule has 0 saturated carbocycles. The molecule has 0 aliphatic rings. The molecule has 0 unspecified atom stereocenters. The summed E-state index contributed by atoms with van der Waals surface area (Å²) >= 11 is 4.68. The molecule has 5 rings (SSSR count). The molecule has 3 aromatic carbocycles. The van der Waals surface area contributed by atoms with Gasteiger partial charge in [-0.2, -0.15) is 0 Å².